The first-order chi connectivity index (χ1) is 18.5. The number of nitrogens with one attached hydrogen (secondary N) is 1. The third kappa shape index (κ3) is 6.42. The molecule has 38 heavy (non-hydrogen) atoms. The highest BCUT2D eigenvalue weighted by Gasteiger charge is 2.23. The summed E-state index contributed by atoms with van der Waals surface area (Å²) >= 11 is 2.49. The predicted molar refractivity (Wildman–Crippen MR) is 148 cm³/mol. The van der Waals surface area contributed by atoms with Crippen LogP contribution < -0.4 is 14.8 Å². The molecule has 0 fully saturated rings. The predicted octanol–water partition coefficient (Wildman–Crippen LogP) is 5.30. The number of carbonyl (C=O) groups excluding carboxylic acids is 2. The van der Waals surface area contributed by atoms with Crippen LogP contribution in [-0.2, 0) is 22.7 Å². The summed E-state index contributed by atoms with van der Waals surface area (Å²) in [7, 11) is 2.90. The van der Waals surface area contributed by atoms with E-state index >= 15 is 0 Å². The van der Waals surface area contributed by atoms with Gasteiger partial charge in [-0.2, -0.15) is 0 Å². The van der Waals surface area contributed by atoms with Crippen LogP contribution in [0.15, 0.2) is 77.8 Å². The molecule has 0 aliphatic carbocycles. The number of ether oxygens (including phenoxy) is 3. The van der Waals surface area contributed by atoms with E-state index in [0.29, 0.717) is 39.4 Å². The van der Waals surface area contributed by atoms with E-state index in [1.807, 2.05) is 64.5 Å². The molecule has 0 bridgehead atoms. The number of allylic oxidation sites excluding steroid dienone is 1. The van der Waals surface area contributed by atoms with Crippen LogP contribution in [0.25, 0.3) is 11.1 Å². The van der Waals surface area contributed by atoms with Crippen molar-refractivity contribution in [3.05, 3.63) is 84.0 Å². The van der Waals surface area contributed by atoms with E-state index < -0.39 is 5.97 Å². The summed E-state index contributed by atoms with van der Waals surface area (Å²) in [6, 6.07) is 16.7. The van der Waals surface area contributed by atoms with E-state index in [2.05, 4.69) is 22.1 Å². The van der Waals surface area contributed by atoms with Crippen molar-refractivity contribution in [2.45, 2.75) is 18.3 Å². The number of thiophene rings is 1. The first-order valence-corrected chi connectivity index (χ1v) is 13.4. The maximum atomic E-state index is 12.9. The number of thioether (sulfide) groups is 1. The number of rotatable bonds is 12. The van der Waals surface area contributed by atoms with E-state index in [-0.39, 0.29) is 18.3 Å². The average molecular weight is 551 g/mol. The van der Waals surface area contributed by atoms with E-state index in [0.717, 1.165) is 11.3 Å². The largest absolute Gasteiger partial charge is 0.497 e. The number of hydrogen-bond donors (Lipinski definition) is 1. The van der Waals surface area contributed by atoms with Gasteiger partial charge < -0.3 is 19.5 Å². The molecule has 0 radical (unpaired) electrons. The number of benzene rings is 2. The topological polar surface area (TPSA) is 105 Å². The Morgan fingerprint density at radius 2 is 1.84 bits per heavy atom. The lowest BCUT2D eigenvalue weighted by Gasteiger charge is -2.10. The van der Waals surface area contributed by atoms with Gasteiger partial charge in [0.25, 0.3) is 0 Å². The molecule has 0 spiro atoms. The molecule has 0 unspecified atom stereocenters. The number of anilines is 1. The van der Waals surface area contributed by atoms with Crippen LogP contribution in [0.2, 0.25) is 0 Å². The molecule has 0 aliphatic rings. The van der Waals surface area contributed by atoms with Gasteiger partial charge in [0.15, 0.2) is 11.0 Å². The molecule has 4 aromatic rings. The zero-order chi connectivity index (χ0) is 26.9. The highest BCUT2D eigenvalue weighted by Crippen LogP contribution is 2.37. The number of carbonyl (C=O) groups is 2. The maximum absolute atomic E-state index is 12.9. The van der Waals surface area contributed by atoms with Crippen molar-refractivity contribution in [3.8, 4) is 22.6 Å². The summed E-state index contributed by atoms with van der Waals surface area (Å²) < 4.78 is 17.9. The minimum Gasteiger partial charge on any atom is -0.497 e. The van der Waals surface area contributed by atoms with Crippen molar-refractivity contribution >= 4 is 40.0 Å². The van der Waals surface area contributed by atoms with Gasteiger partial charge in [-0.1, -0.05) is 48.2 Å². The van der Waals surface area contributed by atoms with Gasteiger partial charge in [0, 0.05) is 17.5 Å². The quantitative estimate of drug-likeness (QED) is 0.144. The number of amides is 1. The number of esters is 1. The van der Waals surface area contributed by atoms with Gasteiger partial charge in [-0.05, 0) is 29.8 Å². The van der Waals surface area contributed by atoms with Gasteiger partial charge in [0.1, 0.15) is 28.7 Å². The van der Waals surface area contributed by atoms with Gasteiger partial charge in [0.05, 0.1) is 20.0 Å². The van der Waals surface area contributed by atoms with E-state index in [9.17, 15) is 9.59 Å². The second-order valence-electron chi connectivity index (χ2n) is 7.81. The minimum absolute atomic E-state index is 0.0607. The number of aromatic nitrogens is 3. The Morgan fingerprint density at radius 1 is 1.08 bits per heavy atom. The Labute approximate surface area is 228 Å². The van der Waals surface area contributed by atoms with Crippen LogP contribution in [0.5, 0.6) is 11.5 Å². The molecular formula is C27H26N4O5S2. The van der Waals surface area contributed by atoms with Crippen LogP contribution in [0.3, 0.4) is 0 Å². The molecule has 196 valence electrons. The number of methoxy groups -OCH3 is 2. The Kier molecular flexibility index (Phi) is 9.17. The molecule has 2 aromatic heterocycles. The lowest BCUT2D eigenvalue weighted by molar-refractivity contribution is -0.113. The highest BCUT2D eigenvalue weighted by atomic mass is 32.2. The molecule has 2 aromatic carbocycles. The molecule has 0 saturated carbocycles. The zero-order valence-corrected chi connectivity index (χ0v) is 22.5. The number of hydrogen-bond acceptors (Lipinski definition) is 9. The van der Waals surface area contributed by atoms with E-state index in [1.165, 1.54) is 30.2 Å². The summed E-state index contributed by atoms with van der Waals surface area (Å²) in [5.41, 5.74) is 1.78. The lowest BCUT2D eigenvalue weighted by Crippen LogP contribution is -2.16. The molecule has 4 rings (SSSR count). The Hall–Kier alpha value is -4.09. The van der Waals surface area contributed by atoms with Crippen LogP contribution in [0.4, 0.5) is 5.00 Å². The van der Waals surface area contributed by atoms with Crippen molar-refractivity contribution in [2.75, 3.05) is 25.3 Å². The third-order valence-corrected chi connectivity index (χ3v) is 7.25. The minimum atomic E-state index is -0.534. The lowest BCUT2D eigenvalue weighted by atomic mass is 10.0. The van der Waals surface area contributed by atoms with E-state index in [1.54, 1.807) is 13.2 Å². The molecule has 2 heterocycles. The van der Waals surface area contributed by atoms with Crippen molar-refractivity contribution in [3.63, 3.8) is 0 Å². The molecule has 0 aliphatic heterocycles. The summed E-state index contributed by atoms with van der Waals surface area (Å²) in [6.45, 7) is 4.49. The Bertz CT molecular complexity index is 1400. The molecule has 11 heteroatoms. The van der Waals surface area contributed by atoms with Crippen LogP contribution in [0, 0.1) is 0 Å². The van der Waals surface area contributed by atoms with Gasteiger partial charge in [0.2, 0.25) is 5.91 Å². The molecule has 0 saturated heterocycles. The van der Waals surface area contributed by atoms with Gasteiger partial charge in [-0.25, -0.2) is 4.79 Å². The summed E-state index contributed by atoms with van der Waals surface area (Å²) in [5.74, 6) is 1.28. The van der Waals surface area contributed by atoms with Crippen LogP contribution in [-0.4, -0.2) is 46.6 Å². The summed E-state index contributed by atoms with van der Waals surface area (Å²) in [4.78, 5) is 25.5. The van der Waals surface area contributed by atoms with Gasteiger partial charge in [-0.3, -0.25) is 9.36 Å². The summed E-state index contributed by atoms with van der Waals surface area (Å²) in [5, 5.41) is 14.1. The fourth-order valence-electron chi connectivity index (χ4n) is 3.54. The monoisotopic (exact) mass is 550 g/mol. The SMILES string of the molecule is C=CCn1c(COc2ccccc2)nnc1SCC(=O)Nc1scc(-c2ccc(OC)cc2)c1C(=O)OC. The van der Waals surface area contributed by atoms with Crippen LogP contribution in [0.1, 0.15) is 16.2 Å². The fourth-order valence-corrected chi connectivity index (χ4v) is 5.28. The van der Waals surface area contributed by atoms with Gasteiger partial charge >= 0.3 is 5.97 Å². The molecule has 1 N–H and O–H groups in total. The average Bonchev–Trinajstić information content (AvgIpc) is 3.55. The molecule has 1 amide bonds. The number of para-hydroxylation sites is 1. The van der Waals surface area contributed by atoms with Crippen molar-refractivity contribution in [1.29, 1.82) is 0 Å². The van der Waals surface area contributed by atoms with Crippen molar-refractivity contribution < 1.29 is 23.8 Å². The standard InChI is InChI=1S/C27H26N4O5S2/c1-4-14-31-22(15-36-20-8-6-5-7-9-20)29-30-27(31)38-17-23(32)28-25-24(26(33)35-3)21(16-37-25)18-10-12-19(34-2)13-11-18/h4-13,16H,1,14-15,17H2,2-3H3,(H,28,32). The summed E-state index contributed by atoms with van der Waals surface area (Å²) in [6.07, 6.45) is 1.73. The number of nitrogens with zero attached hydrogens (tertiary/aromatic N) is 3. The van der Waals surface area contributed by atoms with E-state index in [4.69, 9.17) is 14.2 Å². The van der Waals surface area contributed by atoms with Gasteiger partial charge in [-0.15, -0.1) is 28.1 Å². The second kappa shape index (κ2) is 12.9. The van der Waals surface area contributed by atoms with Crippen molar-refractivity contribution in [2.24, 2.45) is 0 Å². The Morgan fingerprint density at radius 3 is 2.53 bits per heavy atom. The van der Waals surface area contributed by atoms with Crippen molar-refractivity contribution in [1.82, 2.24) is 14.8 Å². The smallest absolute Gasteiger partial charge is 0.341 e. The first kappa shape index (κ1) is 27.0. The van der Waals surface area contributed by atoms with Crippen LogP contribution >= 0.6 is 23.1 Å². The second-order valence-corrected chi connectivity index (χ2v) is 9.63. The third-order valence-electron chi connectivity index (χ3n) is 5.38. The molecular weight excluding hydrogens is 524 g/mol. The highest BCUT2D eigenvalue weighted by molar-refractivity contribution is 7.99. The fraction of sp³-hybridized carbons (Fsp3) is 0.185. The maximum Gasteiger partial charge on any atom is 0.341 e. The Balaban J connectivity index is 1.45. The normalized spacial score (nSPS) is 10.6. The molecule has 0 atom stereocenters. The first-order valence-electron chi connectivity index (χ1n) is 11.5. The zero-order valence-electron chi connectivity index (χ0n) is 20.9. The molecule has 9 nitrogen and oxygen atoms in total.